The number of carbonyl (C=O) groups excluding carboxylic acids is 1. The van der Waals surface area contributed by atoms with Crippen LogP contribution in [0.4, 0.5) is 0 Å². The summed E-state index contributed by atoms with van der Waals surface area (Å²) in [5.74, 6) is 2.36. The molecule has 9 heteroatoms. The van der Waals surface area contributed by atoms with E-state index in [2.05, 4.69) is 15.2 Å². The topological polar surface area (TPSA) is 107 Å². The number of aryl methyl sites for hydroxylation is 1. The van der Waals surface area contributed by atoms with E-state index in [1.54, 1.807) is 26.2 Å². The number of carbonyl (C=O) groups is 1. The summed E-state index contributed by atoms with van der Waals surface area (Å²) in [6.45, 7) is 3.03. The Morgan fingerprint density at radius 2 is 1.74 bits per heavy atom. The van der Waals surface area contributed by atoms with Gasteiger partial charge in [-0.1, -0.05) is 6.07 Å². The fraction of sp³-hybridized carbons (Fsp3) is 0.360. The van der Waals surface area contributed by atoms with Crippen LogP contribution >= 0.6 is 0 Å². The van der Waals surface area contributed by atoms with Crippen LogP contribution in [0.5, 0.6) is 17.2 Å². The van der Waals surface area contributed by atoms with Gasteiger partial charge in [0.15, 0.2) is 17.3 Å². The standard InChI is InChI=1S/C25H30N4O5/c1-5-34-19-9-7-18(8-10-19)24-26-25(31)20(27-28-24)11-13-23(30)29(2)15-14-17-6-12-21(32-3)22(16-17)33-4/h6-10,12,16H,5,11,13-15H2,1-4H3,(H,26,28,31). The minimum absolute atomic E-state index is 0.0720. The van der Waals surface area contributed by atoms with Gasteiger partial charge in [0, 0.05) is 32.0 Å². The highest BCUT2D eigenvalue weighted by Crippen LogP contribution is 2.27. The molecule has 0 aliphatic heterocycles. The molecule has 0 atom stereocenters. The number of hydrogen-bond donors (Lipinski definition) is 1. The molecule has 0 aliphatic carbocycles. The number of aromatic nitrogens is 3. The van der Waals surface area contributed by atoms with E-state index in [0.717, 1.165) is 16.9 Å². The quantitative estimate of drug-likeness (QED) is 0.463. The molecule has 0 fully saturated rings. The number of H-pyrrole nitrogens is 1. The average molecular weight is 467 g/mol. The van der Waals surface area contributed by atoms with Gasteiger partial charge in [-0.15, -0.1) is 10.2 Å². The summed E-state index contributed by atoms with van der Waals surface area (Å²) < 4.78 is 16.0. The summed E-state index contributed by atoms with van der Waals surface area (Å²) in [7, 11) is 4.92. The van der Waals surface area contributed by atoms with E-state index in [1.807, 2.05) is 49.4 Å². The van der Waals surface area contributed by atoms with Crippen LogP contribution in [0.25, 0.3) is 11.4 Å². The van der Waals surface area contributed by atoms with E-state index in [0.29, 0.717) is 36.9 Å². The summed E-state index contributed by atoms with van der Waals surface area (Å²) in [6.07, 6.45) is 1.05. The first-order valence-corrected chi connectivity index (χ1v) is 11.1. The molecule has 0 aliphatic rings. The van der Waals surface area contributed by atoms with Gasteiger partial charge in [-0.2, -0.15) is 0 Å². The number of ether oxygens (including phenoxy) is 3. The molecule has 9 nitrogen and oxygen atoms in total. The van der Waals surface area contributed by atoms with Gasteiger partial charge in [0.25, 0.3) is 5.56 Å². The smallest absolute Gasteiger partial charge is 0.273 e. The average Bonchev–Trinajstić information content (AvgIpc) is 2.86. The molecule has 0 unspecified atom stereocenters. The summed E-state index contributed by atoms with van der Waals surface area (Å²) in [5, 5.41) is 8.17. The number of nitrogens with zero attached hydrogens (tertiary/aromatic N) is 3. The third-order valence-corrected chi connectivity index (χ3v) is 5.39. The maximum atomic E-state index is 12.6. The lowest BCUT2D eigenvalue weighted by Gasteiger charge is -2.17. The number of rotatable bonds is 11. The summed E-state index contributed by atoms with van der Waals surface area (Å²) in [6, 6.07) is 12.9. The molecule has 1 aromatic heterocycles. The largest absolute Gasteiger partial charge is 0.494 e. The minimum atomic E-state index is -0.348. The first-order chi connectivity index (χ1) is 16.4. The van der Waals surface area contributed by atoms with Crippen molar-refractivity contribution in [2.75, 3.05) is 34.4 Å². The predicted octanol–water partition coefficient (Wildman–Crippen LogP) is 2.88. The molecule has 1 N–H and O–H groups in total. The van der Waals surface area contributed by atoms with E-state index in [9.17, 15) is 9.59 Å². The van der Waals surface area contributed by atoms with Gasteiger partial charge in [-0.25, -0.2) is 0 Å². The van der Waals surface area contributed by atoms with Crippen molar-refractivity contribution in [3.8, 4) is 28.6 Å². The van der Waals surface area contributed by atoms with E-state index >= 15 is 0 Å². The second-order valence-corrected chi connectivity index (χ2v) is 7.66. The van der Waals surface area contributed by atoms with Crippen molar-refractivity contribution in [1.29, 1.82) is 0 Å². The van der Waals surface area contributed by atoms with Crippen molar-refractivity contribution in [1.82, 2.24) is 20.1 Å². The van der Waals surface area contributed by atoms with Crippen molar-refractivity contribution in [2.24, 2.45) is 0 Å². The second kappa shape index (κ2) is 11.8. The van der Waals surface area contributed by atoms with Crippen molar-refractivity contribution in [3.05, 3.63) is 64.1 Å². The molecule has 0 radical (unpaired) electrons. The van der Waals surface area contributed by atoms with Gasteiger partial charge in [-0.3, -0.25) is 9.59 Å². The van der Waals surface area contributed by atoms with Crippen LogP contribution in [0, 0.1) is 0 Å². The van der Waals surface area contributed by atoms with Crippen LogP contribution in [0.15, 0.2) is 47.3 Å². The molecule has 180 valence electrons. The first-order valence-electron chi connectivity index (χ1n) is 11.1. The van der Waals surface area contributed by atoms with Gasteiger partial charge in [-0.05, 0) is 55.3 Å². The molecule has 3 aromatic rings. The Morgan fingerprint density at radius 3 is 2.38 bits per heavy atom. The number of benzene rings is 2. The zero-order valence-electron chi connectivity index (χ0n) is 20.0. The van der Waals surface area contributed by atoms with Crippen LogP contribution in [-0.2, 0) is 17.6 Å². The van der Waals surface area contributed by atoms with E-state index in [-0.39, 0.29) is 30.0 Å². The normalized spacial score (nSPS) is 10.6. The summed E-state index contributed by atoms with van der Waals surface area (Å²) in [5.41, 5.74) is 1.64. The first kappa shape index (κ1) is 24.8. The molecule has 0 bridgehead atoms. The molecule has 34 heavy (non-hydrogen) atoms. The number of amides is 1. The highest BCUT2D eigenvalue weighted by molar-refractivity contribution is 5.76. The molecule has 2 aromatic carbocycles. The summed E-state index contributed by atoms with van der Waals surface area (Å²) in [4.78, 5) is 29.4. The third kappa shape index (κ3) is 6.34. The zero-order valence-corrected chi connectivity index (χ0v) is 20.0. The van der Waals surface area contributed by atoms with Crippen LogP contribution < -0.4 is 19.8 Å². The number of aromatic amines is 1. The van der Waals surface area contributed by atoms with Crippen LogP contribution in [-0.4, -0.2) is 60.4 Å². The Balaban J connectivity index is 1.54. The maximum absolute atomic E-state index is 12.6. The SMILES string of the molecule is CCOc1ccc(-c2nnc(CCC(=O)N(C)CCc3ccc(OC)c(OC)c3)c(=O)[nH]2)cc1. The number of methoxy groups -OCH3 is 2. The van der Waals surface area contributed by atoms with Crippen molar-refractivity contribution in [3.63, 3.8) is 0 Å². The lowest BCUT2D eigenvalue weighted by atomic mass is 10.1. The van der Waals surface area contributed by atoms with Crippen LogP contribution in [0.1, 0.15) is 24.6 Å². The van der Waals surface area contributed by atoms with E-state index in [4.69, 9.17) is 14.2 Å². The maximum Gasteiger partial charge on any atom is 0.273 e. The van der Waals surface area contributed by atoms with Crippen molar-refractivity contribution in [2.45, 2.75) is 26.2 Å². The second-order valence-electron chi connectivity index (χ2n) is 7.66. The van der Waals surface area contributed by atoms with Crippen LogP contribution in [0.2, 0.25) is 0 Å². The third-order valence-electron chi connectivity index (χ3n) is 5.39. The predicted molar refractivity (Wildman–Crippen MR) is 128 cm³/mol. The van der Waals surface area contributed by atoms with Gasteiger partial charge in [0.2, 0.25) is 5.91 Å². The molecule has 1 amide bonds. The minimum Gasteiger partial charge on any atom is -0.494 e. The fourth-order valence-electron chi connectivity index (χ4n) is 3.40. The Morgan fingerprint density at radius 1 is 1.00 bits per heavy atom. The molecular formula is C25H30N4O5. The zero-order chi connectivity index (χ0) is 24.5. The molecule has 0 saturated heterocycles. The number of hydrogen-bond acceptors (Lipinski definition) is 7. The highest BCUT2D eigenvalue weighted by atomic mass is 16.5. The highest BCUT2D eigenvalue weighted by Gasteiger charge is 2.13. The number of likely N-dealkylation sites (N-methyl/N-ethyl adjacent to an activating group) is 1. The Bertz CT molecular complexity index is 1160. The molecule has 3 rings (SSSR count). The van der Waals surface area contributed by atoms with Gasteiger partial charge >= 0.3 is 0 Å². The lowest BCUT2D eigenvalue weighted by molar-refractivity contribution is -0.129. The monoisotopic (exact) mass is 466 g/mol. The van der Waals surface area contributed by atoms with Gasteiger partial charge < -0.3 is 24.1 Å². The Hall–Kier alpha value is -3.88. The molecule has 1 heterocycles. The Kier molecular flexibility index (Phi) is 8.61. The van der Waals surface area contributed by atoms with Gasteiger partial charge in [0.1, 0.15) is 11.4 Å². The molecule has 0 saturated carbocycles. The van der Waals surface area contributed by atoms with Crippen molar-refractivity contribution < 1.29 is 19.0 Å². The van der Waals surface area contributed by atoms with E-state index < -0.39 is 0 Å². The molecular weight excluding hydrogens is 436 g/mol. The lowest BCUT2D eigenvalue weighted by Crippen LogP contribution is -2.30. The van der Waals surface area contributed by atoms with Crippen molar-refractivity contribution >= 4 is 5.91 Å². The van der Waals surface area contributed by atoms with E-state index in [1.165, 1.54) is 0 Å². The van der Waals surface area contributed by atoms with Crippen LogP contribution in [0.3, 0.4) is 0 Å². The fourth-order valence-corrected chi connectivity index (χ4v) is 3.40. The summed E-state index contributed by atoms with van der Waals surface area (Å²) >= 11 is 0. The molecule has 0 spiro atoms. The van der Waals surface area contributed by atoms with Gasteiger partial charge in [0.05, 0.1) is 20.8 Å². The number of nitrogens with one attached hydrogen (secondary N) is 1. The Labute approximate surface area is 198 Å².